The lowest BCUT2D eigenvalue weighted by molar-refractivity contribution is -0.145. The fourth-order valence-corrected chi connectivity index (χ4v) is 3.28. The molecule has 1 unspecified atom stereocenters. The van der Waals surface area contributed by atoms with Gasteiger partial charge in [-0.25, -0.2) is 0 Å². The summed E-state index contributed by atoms with van der Waals surface area (Å²) < 4.78 is 0. The van der Waals surface area contributed by atoms with E-state index in [2.05, 4.69) is 5.32 Å². The second-order valence-electron chi connectivity index (χ2n) is 5.80. The van der Waals surface area contributed by atoms with E-state index in [0.29, 0.717) is 24.5 Å². The summed E-state index contributed by atoms with van der Waals surface area (Å²) in [6.07, 6.45) is 2.35. The van der Waals surface area contributed by atoms with Crippen LogP contribution in [-0.2, 0) is 15.0 Å². The standard InChI is InChI=1S/C16H19ClN2O2/c1-2-13-14(20)18-9-10-19(13)15(21)16(7-8-16)11-3-5-12(17)6-4-11/h3-6,13H,2,7-10H2,1H3,(H,18,20). The summed E-state index contributed by atoms with van der Waals surface area (Å²) in [6, 6.07) is 7.17. The van der Waals surface area contributed by atoms with E-state index in [9.17, 15) is 9.59 Å². The van der Waals surface area contributed by atoms with Gasteiger partial charge in [0.2, 0.25) is 11.8 Å². The number of halogens is 1. The van der Waals surface area contributed by atoms with Crippen LogP contribution in [0.2, 0.25) is 5.02 Å². The minimum Gasteiger partial charge on any atom is -0.353 e. The zero-order valence-corrected chi connectivity index (χ0v) is 12.8. The quantitative estimate of drug-likeness (QED) is 0.930. The lowest BCUT2D eigenvalue weighted by Gasteiger charge is -2.37. The summed E-state index contributed by atoms with van der Waals surface area (Å²) >= 11 is 5.93. The van der Waals surface area contributed by atoms with Gasteiger partial charge in [0.1, 0.15) is 6.04 Å². The normalized spacial score (nSPS) is 23.6. The van der Waals surface area contributed by atoms with Gasteiger partial charge in [-0.3, -0.25) is 9.59 Å². The first-order valence-corrected chi connectivity index (χ1v) is 7.81. The second kappa shape index (κ2) is 5.34. The third-order valence-electron chi connectivity index (χ3n) is 4.53. The molecule has 1 aliphatic carbocycles. The maximum absolute atomic E-state index is 13.0. The van der Waals surface area contributed by atoms with Gasteiger partial charge in [-0.2, -0.15) is 0 Å². The molecule has 2 fully saturated rings. The van der Waals surface area contributed by atoms with Gasteiger partial charge in [0.15, 0.2) is 0 Å². The van der Waals surface area contributed by atoms with E-state index in [1.807, 2.05) is 31.2 Å². The molecule has 1 aromatic carbocycles. The third-order valence-corrected chi connectivity index (χ3v) is 4.79. The lowest BCUT2D eigenvalue weighted by atomic mass is 9.93. The topological polar surface area (TPSA) is 49.4 Å². The van der Waals surface area contributed by atoms with Gasteiger partial charge in [-0.05, 0) is 37.0 Å². The molecule has 1 saturated carbocycles. The molecule has 2 amide bonds. The van der Waals surface area contributed by atoms with Gasteiger partial charge in [0.05, 0.1) is 5.41 Å². The number of carbonyl (C=O) groups is 2. The Balaban J connectivity index is 1.87. The van der Waals surface area contributed by atoms with E-state index in [1.54, 1.807) is 4.90 Å². The Kier molecular flexibility index (Phi) is 3.66. The van der Waals surface area contributed by atoms with Gasteiger partial charge >= 0.3 is 0 Å². The molecule has 5 heteroatoms. The first-order chi connectivity index (χ1) is 10.1. The average Bonchev–Trinajstić information content (AvgIpc) is 3.28. The lowest BCUT2D eigenvalue weighted by Crippen LogP contribution is -2.59. The first-order valence-electron chi connectivity index (χ1n) is 7.43. The van der Waals surface area contributed by atoms with E-state index >= 15 is 0 Å². The van der Waals surface area contributed by atoms with E-state index in [-0.39, 0.29) is 17.9 Å². The molecule has 1 heterocycles. The predicted molar refractivity (Wildman–Crippen MR) is 81.2 cm³/mol. The van der Waals surface area contributed by atoms with Crippen LogP contribution in [0.4, 0.5) is 0 Å². The molecule has 112 valence electrons. The number of amides is 2. The number of nitrogens with one attached hydrogen (secondary N) is 1. The zero-order chi connectivity index (χ0) is 15.0. The van der Waals surface area contributed by atoms with Gasteiger partial charge in [-0.15, -0.1) is 0 Å². The van der Waals surface area contributed by atoms with Crippen LogP contribution in [0.5, 0.6) is 0 Å². The SMILES string of the molecule is CCC1C(=O)NCCN1C(=O)C1(c2ccc(Cl)cc2)CC1. The molecule has 0 radical (unpaired) electrons. The molecule has 1 N–H and O–H groups in total. The largest absolute Gasteiger partial charge is 0.353 e. The molecule has 3 rings (SSSR count). The van der Waals surface area contributed by atoms with Gasteiger partial charge < -0.3 is 10.2 Å². The van der Waals surface area contributed by atoms with Crippen molar-refractivity contribution in [2.45, 2.75) is 37.6 Å². The van der Waals surface area contributed by atoms with E-state index in [4.69, 9.17) is 11.6 Å². The van der Waals surface area contributed by atoms with Crippen molar-refractivity contribution < 1.29 is 9.59 Å². The molecule has 0 aromatic heterocycles. The van der Waals surface area contributed by atoms with E-state index < -0.39 is 5.41 Å². The summed E-state index contributed by atoms with van der Waals surface area (Å²) in [6.45, 7) is 3.08. The summed E-state index contributed by atoms with van der Waals surface area (Å²) in [4.78, 5) is 26.7. The van der Waals surface area contributed by atoms with Crippen LogP contribution in [0.1, 0.15) is 31.7 Å². The van der Waals surface area contributed by atoms with Crippen molar-refractivity contribution >= 4 is 23.4 Å². The number of piperazine rings is 1. The third kappa shape index (κ3) is 2.42. The molecule has 21 heavy (non-hydrogen) atoms. The highest BCUT2D eigenvalue weighted by atomic mass is 35.5. The molecule has 0 bridgehead atoms. The number of benzene rings is 1. The number of carbonyl (C=O) groups excluding carboxylic acids is 2. The summed E-state index contributed by atoms with van der Waals surface area (Å²) in [5.41, 5.74) is 0.577. The molecular formula is C16H19ClN2O2. The van der Waals surface area contributed by atoms with Crippen molar-refractivity contribution in [2.75, 3.05) is 13.1 Å². The molecule has 4 nitrogen and oxygen atoms in total. The van der Waals surface area contributed by atoms with Gasteiger partial charge in [-0.1, -0.05) is 30.7 Å². The Hall–Kier alpha value is -1.55. The molecule has 1 aliphatic heterocycles. The Bertz CT molecular complexity index is 566. The summed E-state index contributed by atoms with van der Waals surface area (Å²) in [5, 5.41) is 3.51. The second-order valence-corrected chi connectivity index (χ2v) is 6.24. The fourth-order valence-electron chi connectivity index (χ4n) is 3.16. The van der Waals surface area contributed by atoms with Crippen molar-refractivity contribution in [3.63, 3.8) is 0 Å². The Morgan fingerprint density at radius 2 is 2.05 bits per heavy atom. The van der Waals surface area contributed by atoms with Crippen LogP contribution in [0, 0.1) is 0 Å². The number of hydrogen-bond donors (Lipinski definition) is 1. The van der Waals surface area contributed by atoms with Crippen molar-refractivity contribution in [1.29, 1.82) is 0 Å². The van der Waals surface area contributed by atoms with Gasteiger partial charge in [0, 0.05) is 18.1 Å². The van der Waals surface area contributed by atoms with Crippen molar-refractivity contribution in [3.05, 3.63) is 34.9 Å². The average molecular weight is 307 g/mol. The van der Waals surface area contributed by atoms with Crippen molar-refractivity contribution in [2.24, 2.45) is 0 Å². The van der Waals surface area contributed by atoms with Crippen LogP contribution in [0.15, 0.2) is 24.3 Å². The van der Waals surface area contributed by atoms with Gasteiger partial charge in [0.25, 0.3) is 0 Å². The van der Waals surface area contributed by atoms with Crippen molar-refractivity contribution in [1.82, 2.24) is 10.2 Å². The van der Waals surface area contributed by atoms with Crippen LogP contribution < -0.4 is 5.32 Å². The highest BCUT2D eigenvalue weighted by molar-refractivity contribution is 6.30. The first kappa shape index (κ1) is 14.4. The molecule has 1 aromatic rings. The van der Waals surface area contributed by atoms with Crippen molar-refractivity contribution in [3.8, 4) is 0 Å². The minimum atomic E-state index is -0.435. The maximum Gasteiger partial charge on any atom is 0.242 e. The smallest absolute Gasteiger partial charge is 0.242 e. The van der Waals surface area contributed by atoms with E-state index in [0.717, 1.165) is 18.4 Å². The highest BCUT2D eigenvalue weighted by Gasteiger charge is 2.54. The molecule has 1 atom stereocenters. The number of hydrogen-bond acceptors (Lipinski definition) is 2. The zero-order valence-electron chi connectivity index (χ0n) is 12.1. The number of rotatable bonds is 3. The summed E-state index contributed by atoms with van der Waals surface area (Å²) in [5.74, 6) is 0.0514. The molecule has 2 aliphatic rings. The Morgan fingerprint density at radius 3 is 2.62 bits per heavy atom. The van der Waals surface area contributed by atoms with Crippen LogP contribution in [-0.4, -0.2) is 35.8 Å². The number of nitrogens with zero attached hydrogens (tertiary/aromatic N) is 1. The van der Waals surface area contributed by atoms with Crippen LogP contribution in [0.25, 0.3) is 0 Å². The Morgan fingerprint density at radius 1 is 1.38 bits per heavy atom. The summed E-state index contributed by atoms with van der Waals surface area (Å²) in [7, 11) is 0. The predicted octanol–water partition coefficient (Wildman–Crippen LogP) is 2.11. The molecule has 1 saturated heterocycles. The highest BCUT2D eigenvalue weighted by Crippen LogP contribution is 2.50. The molecule has 0 spiro atoms. The maximum atomic E-state index is 13.0. The van der Waals surface area contributed by atoms with Crippen LogP contribution in [0.3, 0.4) is 0 Å². The minimum absolute atomic E-state index is 0.0380. The van der Waals surface area contributed by atoms with E-state index in [1.165, 1.54) is 0 Å². The Labute approximate surface area is 129 Å². The van der Waals surface area contributed by atoms with Crippen LogP contribution >= 0.6 is 11.6 Å². The fraction of sp³-hybridized carbons (Fsp3) is 0.500. The monoisotopic (exact) mass is 306 g/mol. The molecular weight excluding hydrogens is 288 g/mol.